The molecule has 4 aromatic heterocycles. The summed E-state index contributed by atoms with van der Waals surface area (Å²) >= 11 is 0. The summed E-state index contributed by atoms with van der Waals surface area (Å²) in [6.07, 6.45) is 7.10. The van der Waals surface area contributed by atoms with Gasteiger partial charge in [-0.2, -0.15) is 15.1 Å². The molecule has 11 nitrogen and oxygen atoms in total. The molecular weight excluding hydrogens is 635 g/mol. The monoisotopic (exact) mass is 669 g/mol. The summed E-state index contributed by atoms with van der Waals surface area (Å²) in [4.78, 5) is 36.3. The lowest BCUT2D eigenvalue weighted by Crippen LogP contribution is -2.49. The highest BCUT2D eigenvalue weighted by atomic mass is 19.1. The number of fused-ring (bicyclic) bond motifs is 3. The van der Waals surface area contributed by atoms with Crippen molar-refractivity contribution < 1.29 is 22.7 Å². The van der Waals surface area contributed by atoms with Crippen LogP contribution in [-0.4, -0.2) is 103 Å². The van der Waals surface area contributed by atoms with Crippen LogP contribution in [0.3, 0.4) is 0 Å². The topological polar surface area (TPSA) is 105 Å². The average molecular weight is 670 g/mol. The fourth-order valence-corrected chi connectivity index (χ4v) is 7.51. The fraction of sp³-hybridized carbons (Fsp3) is 0.371. The lowest BCUT2D eigenvalue weighted by Gasteiger charge is -2.35. The third-order valence-corrected chi connectivity index (χ3v) is 9.92. The summed E-state index contributed by atoms with van der Waals surface area (Å²) in [5.74, 6) is -1.88. The number of carbonyl (C=O) groups is 1. The van der Waals surface area contributed by atoms with Crippen LogP contribution in [0.5, 0.6) is 6.01 Å². The molecule has 8 rings (SSSR count). The van der Waals surface area contributed by atoms with Crippen LogP contribution in [0.15, 0.2) is 60.8 Å². The summed E-state index contributed by atoms with van der Waals surface area (Å²) in [5, 5.41) is 5.55. The number of carbonyl (C=O) groups excluding carboxylic acids is 1. The molecule has 0 bridgehead atoms. The van der Waals surface area contributed by atoms with Crippen molar-refractivity contribution in [1.82, 2.24) is 39.5 Å². The molecule has 0 aliphatic carbocycles. The van der Waals surface area contributed by atoms with Gasteiger partial charge >= 0.3 is 6.01 Å². The Morgan fingerprint density at radius 1 is 1.06 bits per heavy atom. The summed E-state index contributed by atoms with van der Waals surface area (Å²) < 4.78 is 54.0. The first kappa shape index (κ1) is 31.2. The van der Waals surface area contributed by atoms with E-state index in [1.165, 1.54) is 11.1 Å². The van der Waals surface area contributed by atoms with Crippen LogP contribution in [0.2, 0.25) is 0 Å². The Morgan fingerprint density at radius 3 is 2.73 bits per heavy atom. The molecule has 5 aromatic rings. The Balaban J connectivity index is 1.13. The second-order valence-corrected chi connectivity index (χ2v) is 12.9. The number of piperazine rings is 1. The number of hydrogen-bond donors (Lipinski definition) is 0. The molecule has 7 heterocycles. The van der Waals surface area contributed by atoms with E-state index in [0.29, 0.717) is 48.5 Å². The molecule has 3 aliphatic rings. The second kappa shape index (κ2) is 12.4. The normalized spacial score (nSPS) is 21.6. The van der Waals surface area contributed by atoms with Crippen molar-refractivity contribution in [2.24, 2.45) is 7.05 Å². The number of nitrogens with zero attached hydrogens (tertiary/aromatic N) is 9. The molecule has 252 valence electrons. The van der Waals surface area contributed by atoms with Gasteiger partial charge < -0.3 is 14.5 Å². The zero-order valence-electron chi connectivity index (χ0n) is 26.9. The quantitative estimate of drug-likeness (QED) is 0.228. The Labute approximate surface area is 280 Å². The molecule has 3 fully saturated rings. The van der Waals surface area contributed by atoms with Crippen LogP contribution in [-0.2, 0) is 11.8 Å². The smallest absolute Gasteiger partial charge is 0.319 e. The summed E-state index contributed by atoms with van der Waals surface area (Å²) in [6, 6.07) is 10.5. The summed E-state index contributed by atoms with van der Waals surface area (Å²) in [5.41, 5.74) is 1.33. The summed E-state index contributed by atoms with van der Waals surface area (Å²) in [6.45, 7) is 2.36. The number of anilines is 1. The molecular formula is C35H34F3N9O2. The molecule has 49 heavy (non-hydrogen) atoms. The first-order valence-electron chi connectivity index (χ1n) is 16.4. The number of aromatic nitrogens is 6. The molecule has 0 N–H and O–H groups in total. The van der Waals surface area contributed by atoms with Gasteiger partial charge in [0.25, 0.3) is 5.91 Å². The van der Waals surface area contributed by atoms with Crippen LogP contribution in [0.1, 0.15) is 25.0 Å². The summed E-state index contributed by atoms with van der Waals surface area (Å²) in [7, 11) is 1.79. The second-order valence-electron chi connectivity index (χ2n) is 12.9. The van der Waals surface area contributed by atoms with Gasteiger partial charge in [0.2, 0.25) is 0 Å². The number of amides is 1. The molecule has 0 unspecified atom stereocenters. The maximum Gasteiger partial charge on any atom is 0.319 e. The van der Waals surface area contributed by atoms with E-state index < -0.39 is 29.3 Å². The first-order chi connectivity index (χ1) is 23.8. The van der Waals surface area contributed by atoms with Crippen molar-refractivity contribution in [3.63, 3.8) is 0 Å². The Kier molecular flexibility index (Phi) is 7.89. The Morgan fingerprint density at radius 2 is 1.92 bits per heavy atom. The molecule has 0 saturated carbocycles. The number of aryl methyl sites for hydroxylation is 1. The minimum Gasteiger partial charge on any atom is -0.461 e. The van der Waals surface area contributed by atoms with Gasteiger partial charge in [0.1, 0.15) is 29.8 Å². The van der Waals surface area contributed by atoms with Crippen molar-refractivity contribution >= 4 is 39.6 Å². The third kappa shape index (κ3) is 5.63. The van der Waals surface area contributed by atoms with Gasteiger partial charge in [-0.3, -0.25) is 24.3 Å². The van der Waals surface area contributed by atoms with Gasteiger partial charge in [0.15, 0.2) is 11.6 Å². The molecule has 0 radical (unpaired) electrons. The average Bonchev–Trinajstić information content (AvgIpc) is 3.79. The van der Waals surface area contributed by atoms with Crippen molar-refractivity contribution in [2.75, 3.05) is 50.8 Å². The Hall–Kier alpha value is -5.11. The van der Waals surface area contributed by atoms with Gasteiger partial charge in [-0.05, 0) is 31.5 Å². The lowest BCUT2D eigenvalue weighted by atomic mass is 9.95. The van der Waals surface area contributed by atoms with Gasteiger partial charge in [0.05, 0.1) is 28.3 Å². The molecule has 1 aromatic carbocycles. The van der Waals surface area contributed by atoms with Crippen LogP contribution < -0.4 is 9.64 Å². The maximum absolute atomic E-state index is 16.7. The third-order valence-electron chi connectivity index (χ3n) is 9.92. The van der Waals surface area contributed by atoms with E-state index in [1.54, 1.807) is 48.4 Å². The number of hydrogen-bond acceptors (Lipinski definition) is 9. The zero-order chi connectivity index (χ0) is 33.7. The van der Waals surface area contributed by atoms with Crippen LogP contribution >= 0.6 is 0 Å². The number of para-hydroxylation sites is 1. The van der Waals surface area contributed by atoms with Gasteiger partial charge in [-0.15, -0.1) is 0 Å². The van der Waals surface area contributed by atoms with Gasteiger partial charge in [-0.1, -0.05) is 24.3 Å². The minimum absolute atomic E-state index is 0.0244. The van der Waals surface area contributed by atoms with Crippen molar-refractivity contribution in [3.05, 3.63) is 72.3 Å². The highest BCUT2D eigenvalue weighted by Crippen LogP contribution is 2.41. The predicted octanol–water partition coefficient (Wildman–Crippen LogP) is 4.73. The Bertz CT molecular complexity index is 2080. The van der Waals surface area contributed by atoms with Gasteiger partial charge in [-0.25, -0.2) is 13.2 Å². The van der Waals surface area contributed by atoms with E-state index in [-0.39, 0.29) is 36.9 Å². The fourth-order valence-electron chi connectivity index (χ4n) is 7.51. The molecule has 0 spiro atoms. The minimum atomic E-state index is -0.930. The number of pyridine rings is 2. The lowest BCUT2D eigenvalue weighted by molar-refractivity contribution is -0.128. The molecule has 2 atom stereocenters. The van der Waals surface area contributed by atoms with E-state index in [1.807, 2.05) is 17.0 Å². The van der Waals surface area contributed by atoms with E-state index in [0.717, 1.165) is 36.4 Å². The first-order valence-corrected chi connectivity index (χ1v) is 16.4. The van der Waals surface area contributed by atoms with Crippen LogP contribution in [0.25, 0.3) is 39.1 Å². The highest BCUT2D eigenvalue weighted by molar-refractivity contribution is 5.98. The standard InChI is InChI=1S/C35H34F3N9O2/c1-44-31-22(18-41-44)6-4-8-25(31)29-28(38)30-26(19-40-29)32(43-34(42-30)49-21-35-9-5-11-47(35)20-23(36)17-35)45-12-14-46(15-13-45)33(48)27(37)16-24-7-2-3-10-39-24/h2-4,6-8,10,16,18-19,23H,5,9,11-15,17,20-21H2,1H3/b27-16-/t23-,35+/m1/s1. The molecule has 3 aliphatic heterocycles. The number of halogens is 3. The number of alkyl halides is 1. The number of ether oxygens (including phenoxy) is 1. The van der Waals surface area contributed by atoms with Crippen LogP contribution in [0.4, 0.5) is 19.0 Å². The van der Waals surface area contributed by atoms with Crippen LogP contribution in [0, 0.1) is 5.82 Å². The molecule has 1 amide bonds. The molecule has 3 saturated heterocycles. The van der Waals surface area contributed by atoms with E-state index in [9.17, 15) is 13.6 Å². The van der Waals surface area contributed by atoms with E-state index >= 15 is 4.39 Å². The SMILES string of the molecule is Cn1ncc2cccc(-c3ncc4c(N5CCN(C(=O)/C(F)=C/c6ccccn6)CC5)nc(OC[C@@]56CCCN5C[C@H](F)C6)nc4c3F)c21. The van der Waals surface area contributed by atoms with Gasteiger partial charge in [0, 0.05) is 75.6 Å². The van der Waals surface area contributed by atoms with E-state index in [4.69, 9.17) is 9.72 Å². The molecule has 14 heteroatoms. The largest absolute Gasteiger partial charge is 0.461 e. The maximum atomic E-state index is 16.7. The number of benzene rings is 1. The zero-order valence-corrected chi connectivity index (χ0v) is 26.9. The van der Waals surface area contributed by atoms with Crippen molar-refractivity contribution in [3.8, 4) is 17.3 Å². The number of rotatable bonds is 7. The highest BCUT2D eigenvalue weighted by Gasteiger charge is 2.49. The van der Waals surface area contributed by atoms with Crippen molar-refractivity contribution in [2.45, 2.75) is 31.0 Å². The predicted molar refractivity (Wildman–Crippen MR) is 178 cm³/mol. The van der Waals surface area contributed by atoms with Crippen molar-refractivity contribution in [1.29, 1.82) is 0 Å². The van der Waals surface area contributed by atoms with E-state index in [2.05, 4.69) is 25.0 Å².